The number of nitrogens with zero attached hydrogens (tertiary/aromatic N) is 1. The van der Waals surface area contributed by atoms with Gasteiger partial charge in [0.1, 0.15) is 0 Å². The third-order valence-electron chi connectivity index (χ3n) is 3.15. The van der Waals surface area contributed by atoms with Crippen molar-refractivity contribution in [3.8, 4) is 0 Å². The minimum absolute atomic E-state index is 0.745. The molecule has 2 heteroatoms. The van der Waals surface area contributed by atoms with E-state index in [9.17, 15) is 0 Å². The van der Waals surface area contributed by atoms with Gasteiger partial charge >= 0.3 is 0 Å². The smallest absolute Gasteiger partial charge is 0.0233 e. The molecule has 1 rings (SSSR count). The van der Waals surface area contributed by atoms with Crippen LogP contribution in [0.15, 0.2) is 24.3 Å². The molecule has 0 atom stereocenters. The molecule has 2 nitrogen and oxygen atoms in total. The summed E-state index contributed by atoms with van der Waals surface area (Å²) in [6, 6.07) is 8.64. The molecule has 0 amide bonds. The van der Waals surface area contributed by atoms with Crippen LogP contribution in [0, 0.1) is 12.8 Å². The predicted octanol–water partition coefficient (Wildman–Crippen LogP) is 3.06. The van der Waals surface area contributed by atoms with Crippen LogP contribution < -0.4 is 5.32 Å². The van der Waals surface area contributed by atoms with Gasteiger partial charge in [0, 0.05) is 6.54 Å². The zero-order valence-corrected chi connectivity index (χ0v) is 12.4. The minimum atomic E-state index is 0.745. The predicted molar refractivity (Wildman–Crippen MR) is 79.8 cm³/mol. The first-order chi connectivity index (χ1) is 8.59. The molecule has 0 aliphatic rings. The second kappa shape index (κ2) is 8.28. The molecule has 0 aromatic heterocycles. The summed E-state index contributed by atoms with van der Waals surface area (Å²) in [5.74, 6) is 0.745. The highest BCUT2D eigenvalue weighted by Gasteiger charge is 2.02. The number of benzene rings is 1. The van der Waals surface area contributed by atoms with Gasteiger partial charge in [-0.1, -0.05) is 38.1 Å². The molecule has 0 radical (unpaired) electrons. The second-order valence-electron chi connectivity index (χ2n) is 5.62. The Labute approximate surface area is 112 Å². The number of rotatable bonds is 8. The average Bonchev–Trinajstić information content (AvgIpc) is 2.31. The van der Waals surface area contributed by atoms with Crippen LogP contribution >= 0.6 is 0 Å². The Morgan fingerprint density at radius 3 is 2.61 bits per heavy atom. The van der Waals surface area contributed by atoms with Crippen LogP contribution in [0.4, 0.5) is 0 Å². The standard InChI is InChI=1S/C16H28N2/c1-14(2)12-17-10-7-11-18(4)13-16-9-6-5-8-15(16)3/h5-6,8-9,14,17H,7,10-13H2,1-4H3. The lowest BCUT2D eigenvalue weighted by atomic mass is 10.1. The van der Waals surface area contributed by atoms with Crippen LogP contribution in [0.5, 0.6) is 0 Å². The van der Waals surface area contributed by atoms with E-state index in [0.717, 1.165) is 32.1 Å². The lowest BCUT2D eigenvalue weighted by molar-refractivity contribution is 0.318. The average molecular weight is 248 g/mol. The fourth-order valence-corrected chi connectivity index (χ4v) is 2.02. The van der Waals surface area contributed by atoms with Crippen LogP contribution in [0.2, 0.25) is 0 Å². The van der Waals surface area contributed by atoms with E-state index in [4.69, 9.17) is 0 Å². The first-order valence-electron chi connectivity index (χ1n) is 7.03. The SMILES string of the molecule is Cc1ccccc1CN(C)CCCNCC(C)C. The molecule has 0 spiro atoms. The fraction of sp³-hybridized carbons (Fsp3) is 0.625. The van der Waals surface area contributed by atoms with Gasteiger partial charge in [-0.3, -0.25) is 0 Å². The van der Waals surface area contributed by atoms with Gasteiger partial charge in [0.25, 0.3) is 0 Å². The highest BCUT2D eigenvalue weighted by atomic mass is 15.1. The maximum atomic E-state index is 3.49. The summed E-state index contributed by atoms with van der Waals surface area (Å²) in [4.78, 5) is 2.40. The Kier molecular flexibility index (Phi) is 6.99. The summed E-state index contributed by atoms with van der Waals surface area (Å²) < 4.78 is 0. The van der Waals surface area contributed by atoms with Crippen molar-refractivity contribution in [3.05, 3.63) is 35.4 Å². The monoisotopic (exact) mass is 248 g/mol. The molecule has 0 fully saturated rings. The van der Waals surface area contributed by atoms with E-state index in [0.29, 0.717) is 0 Å². The molecule has 0 aliphatic carbocycles. The molecule has 0 saturated carbocycles. The molecule has 102 valence electrons. The van der Waals surface area contributed by atoms with E-state index in [1.165, 1.54) is 17.5 Å². The summed E-state index contributed by atoms with van der Waals surface area (Å²) >= 11 is 0. The van der Waals surface area contributed by atoms with Crippen molar-refractivity contribution in [3.63, 3.8) is 0 Å². The van der Waals surface area contributed by atoms with Crippen molar-refractivity contribution in [2.75, 3.05) is 26.7 Å². The molecule has 1 aromatic rings. The van der Waals surface area contributed by atoms with Crippen molar-refractivity contribution >= 4 is 0 Å². The molecular weight excluding hydrogens is 220 g/mol. The summed E-state index contributed by atoms with van der Waals surface area (Å²) in [6.45, 7) is 11.1. The van der Waals surface area contributed by atoms with Gasteiger partial charge in [-0.15, -0.1) is 0 Å². The van der Waals surface area contributed by atoms with Crippen LogP contribution in [0.1, 0.15) is 31.4 Å². The number of hydrogen-bond acceptors (Lipinski definition) is 2. The van der Waals surface area contributed by atoms with Gasteiger partial charge in [0.15, 0.2) is 0 Å². The Balaban J connectivity index is 2.18. The Morgan fingerprint density at radius 1 is 1.22 bits per heavy atom. The van der Waals surface area contributed by atoms with Crippen molar-refractivity contribution in [1.29, 1.82) is 0 Å². The Morgan fingerprint density at radius 2 is 1.94 bits per heavy atom. The zero-order chi connectivity index (χ0) is 13.4. The lowest BCUT2D eigenvalue weighted by Crippen LogP contribution is -2.26. The molecule has 0 aliphatic heterocycles. The van der Waals surface area contributed by atoms with E-state index in [1.54, 1.807) is 0 Å². The molecule has 1 N–H and O–H groups in total. The van der Waals surface area contributed by atoms with Crippen LogP contribution in [0.25, 0.3) is 0 Å². The zero-order valence-electron chi connectivity index (χ0n) is 12.4. The van der Waals surface area contributed by atoms with E-state index in [1.807, 2.05) is 0 Å². The highest BCUT2D eigenvalue weighted by molar-refractivity contribution is 5.25. The minimum Gasteiger partial charge on any atom is -0.316 e. The first kappa shape index (κ1) is 15.2. The quantitative estimate of drug-likeness (QED) is 0.711. The number of hydrogen-bond donors (Lipinski definition) is 1. The van der Waals surface area contributed by atoms with Crippen LogP contribution in [-0.2, 0) is 6.54 Å². The summed E-state index contributed by atoms with van der Waals surface area (Å²) in [5, 5.41) is 3.49. The van der Waals surface area contributed by atoms with Crippen molar-refractivity contribution in [2.24, 2.45) is 5.92 Å². The second-order valence-corrected chi connectivity index (χ2v) is 5.62. The van der Waals surface area contributed by atoms with Gasteiger partial charge < -0.3 is 10.2 Å². The van der Waals surface area contributed by atoms with Gasteiger partial charge in [-0.05, 0) is 57.1 Å². The highest BCUT2D eigenvalue weighted by Crippen LogP contribution is 2.09. The maximum Gasteiger partial charge on any atom is 0.0233 e. The molecule has 0 unspecified atom stereocenters. The Bertz CT molecular complexity index is 334. The van der Waals surface area contributed by atoms with Crippen molar-refractivity contribution in [2.45, 2.75) is 33.7 Å². The number of aryl methyl sites for hydroxylation is 1. The van der Waals surface area contributed by atoms with E-state index in [-0.39, 0.29) is 0 Å². The summed E-state index contributed by atoms with van der Waals surface area (Å²) in [6.07, 6.45) is 1.22. The molecular formula is C16H28N2. The molecule has 0 saturated heterocycles. The van der Waals surface area contributed by atoms with Crippen LogP contribution in [0.3, 0.4) is 0 Å². The van der Waals surface area contributed by atoms with Gasteiger partial charge in [0.05, 0.1) is 0 Å². The molecule has 0 bridgehead atoms. The van der Waals surface area contributed by atoms with Crippen molar-refractivity contribution < 1.29 is 0 Å². The topological polar surface area (TPSA) is 15.3 Å². The molecule has 1 aromatic carbocycles. The Hall–Kier alpha value is -0.860. The lowest BCUT2D eigenvalue weighted by Gasteiger charge is -2.18. The molecule has 0 heterocycles. The largest absolute Gasteiger partial charge is 0.316 e. The summed E-state index contributed by atoms with van der Waals surface area (Å²) in [5.41, 5.74) is 2.83. The summed E-state index contributed by atoms with van der Waals surface area (Å²) in [7, 11) is 2.20. The normalized spacial score (nSPS) is 11.4. The van der Waals surface area contributed by atoms with Gasteiger partial charge in [-0.2, -0.15) is 0 Å². The maximum absolute atomic E-state index is 3.49. The van der Waals surface area contributed by atoms with E-state index in [2.05, 4.69) is 62.3 Å². The van der Waals surface area contributed by atoms with Crippen LogP contribution in [-0.4, -0.2) is 31.6 Å². The van der Waals surface area contributed by atoms with Gasteiger partial charge in [-0.25, -0.2) is 0 Å². The first-order valence-corrected chi connectivity index (χ1v) is 7.03. The van der Waals surface area contributed by atoms with E-state index < -0.39 is 0 Å². The number of nitrogens with one attached hydrogen (secondary N) is 1. The van der Waals surface area contributed by atoms with Gasteiger partial charge in [0.2, 0.25) is 0 Å². The third kappa shape index (κ3) is 6.18. The fourth-order valence-electron chi connectivity index (χ4n) is 2.02. The van der Waals surface area contributed by atoms with Crippen molar-refractivity contribution in [1.82, 2.24) is 10.2 Å². The van der Waals surface area contributed by atoms with E-state index >= 15 is 0 Å². The third-order valence-corrected chi connectivity index (χ3v) is 3.15. The molecule has 18 heavy (non-hydrogen) atoms.